The third kappa shape index (κ3) is 1.97. The summed E-state index contributed by atoms with van der Waals surface area (Å²) in [5.41, 5.74) is 7.14. The second kappa shape index (κ2) is 2.79. The van der Waals surface area contributed by atoms with Gasteiger partial charge >= 0.3 is 0 Å². The minimum Gasteiger partial charge on any atom is -0.391 e. The van der Waals surface area contributed by atoms with Crippen molar-refractivity contribution in [1.82, 2.24) is 0 Å². The Balaban J connectivity index is 3.13. The van der Waals surface area contributed by atoms with Gasteiger partial charge in [-0.25, -0.2) is 0 Å². The van der Waals surface area contributed by atoms with Gasteiger partial charge in [0, 0.05) is 0 Å². The van der Waals surface area contributed by atoms with Gasteiger partial charge in [-0.1, -0.05) is 20.8 Å². The molecule has 0 bridgehead atoms. The van der Waals surface area contributed by atoms with Crippen molar-refractivity contribution >= 4 is 32.3 Å². The molecule has 0 saturated carbocycles. The molecule has 1 heterocycles. The van der Waals surface area contributed by atoms with Crippen LogP contribution in [-0.2, 0) is 5.41 Å². The summed E-state index contributed by atoms with van der Waals surface area (Å²) >= 11 is 5.08. The van der Waals surface area contributed by atoms with Gasteiger partial charge in [0.15, 0.2) is 0 Å². The summed E-state index contributed by atoms with van der Waals surface area (Å²) in [6.07, 6.45) is 0. The monoisotopic (exact) mass is 233 g/mol. The molecule has 0 aromatic carbocycles. The largest absolute Gasteiger partial charge is 0.391 e. The Hall–Kier alpha value is -0.0200. The third-order valence-corrected chi connectivity index (χ3v) is 3.18. The molecule has 0 atom stereocenters. The number of rotatable bonds is 0. The molecule has 11 heavy (non-hydrogen) atoms. The first-order valence-corrected chi connectivity index (χ1v) is 5.07. The van der Waals surface area contributed by atoms with Crippen LogP contribution in [0.5, 0.6) is 0 Å². The molecule has 0 fully saturated rings. The zero-order valence-corrected chi connectivity index (χ0v) is 9.34. The highest BCUT2D eigenvalue weighted by Gasteiger charge is 2.18. The summed E-state index contributed by atoms with van der Waals surface area (Å²) in [7, 11) is 0. The van der Waals surface area contributed by atoms with E-state index in [2.05, 4.69) is 36.7 Å². The summed E-state index contributed by atoms with van der Waals surface area (Å²) in [6, 6.07) is 2.04. The van der Waals surface area contributed by atoms with Crippen molar-refractivity contribution in [2.75, 3.05) is 5.73 Å². The molecule has 0 aliphatic heterocycles. The van der Waals surface area contributed by atoms with Gasteiger partial charge in [-0.15, -0.1) is 11.3 Å². The number of nitrogens with two attached hydrogens (primary N) is 1. The van der Waals surface area contributed by atoms with Gasteiger partial charge in [0.2, 0.25) is 0 Å². The highest BCUT2D eigenvalue weighted by molar-refractivity contribution is 9.11. The van der Waals surface area contributed by atoms with Gasteiger partial charge in [0.25, 0.3) is 0 Å². The van der Waals surface area contributed by atoms with Crippen molar-refractivity contribution in [3.63, 3.8) is 0 Å². The standard InChI is InChI=1S/C8H12BrNS/c1-8(2,3)5-4-6(10)11-7(5)9/h4H,10H2,1-3H3. The van der Waals surface area contributed by atoms with E-state index in [1.165, 1.54) is 5.56 Å². The second-order valence-electron chi connectivity index (χ2n) is 3.59. The molecule has 62 valence electrons. The Morgan fingerprint density at radius 2 is 2.00 bits per heavy atom. The molecule has 1 nitrogen and oxygen atoms in total. The van der Waals surface area contributed by atoms with Crippen LogP contribution in [0.4, 0.5) is 5.00 Å². The van der Waals surface area contributed by atoms with Crippen LogP contribution in [0.3, 0.4) is 0 Å². The van der Waals surface area contributed by atoms with Crippen molar-refractivity contribution in [3.8, 4) is 0 Å². The molecule has 1 rings (SSSR count). The smallest absolute Gasteiger partial charge is 0.0871 e. The van der Waals surface area contributed by atoms with Crippen molar-refractivity contribution in [2.24, 2.45) is 0 Å². The van der Waals surface area contributed by atoms with Crippen LogP contribution >= 0.6 is 27.3 Å². The summed E-state index contributed by atoms with van der Waals surface area (Å²) in [5, 5.41) is 0.877. The Morgan fingerprint density at radius 1 is 1.45 bits per heavy atom. The first kappa shape index (κ1) is 9.07. The number of anilines is 1. The fourth-order valence-corrected chi connectivity index (χ4v) is 3.03. The summed E-state index contributed by atoms with van der Waals surface area (Å²) in [4.78, 5) is 0. The van der Waals surface area contributed by atoms with Gasteiger partial charge in [0.1, 0.15) is 0 Å². The lowest BCUT2D eigenvalue weighted by Gasteiger charge is -2.16. The first-order valence-electron chi connectivity index (χ1n) is 3.46. The van der Waals surface area contributed by atoms with Gasteiger partial charge in [-0.05, 0) is 33.0 Å². The molecular formula is C8H12BrNS. The Kier molecular flexibility index (Phi) is 2.30. The average Bonchev–Trinajstić information content (AvgIpc) is 2.08. The van der Waals surface area contributed by atoms with Gasteiger partial charge in [0.05, 0.1) is 8.79 Å². The van der Waals surface area contributed by atoms with E-state index in [9.17, 15) is 0 Å². The maximum atomic E-state index is 5.66. The molecule has 0 saturated heterocycles. The maximum absolute atomic E-state index is 5.66. The van der Waals surface area contributed by atoms with Gasteiger partial charge in [-0.3, -0.25) is 0 Å². The zero-order valence-electron chi connectivity index (χ0n) is 6.94. The van der Waals surface area contributed by atoms with Crippen molar-refractivity contribution in [1.29, 1.82) is 0 Å². The molecule has 0 spiro atoms. The van der Waals surface area contributed by atoms with Crippen LogP contribution in [0, 0.1) is 0 Å². The summed E-state index contributed by atoms with van der Waals surface area (Å²) < 4.78 is 1.16. The van der Waals surface area contributed by atoms with Crippen LogP contribution in [0.15, 0.2) is 9.85 Å². The van der Waals surface area contributed by atoms with E-state index in [4.69, 9.17) is 5.73 Å². The van der Waals surface area contributed by atoms with Crippen LogP contribution in [0.25, 0.3) is 0 Å². The third-order valence-electron chi connectivity index (χ3n) is 1.51. The lowest BCUT2D eigenvalue weighted by molar-refractivity contribution is 0.590. The quantitative estimate of drug-likeness (QED) is 0.731. The molecule has 0 radical (unpaired) electrons. The summed E-state index contributed by atoms with van der Waals surface area (Å²) in [6.45, 7) is 6.54. The number of hydrogen-bond donors (Lipinski definition) is 1. The van der Waals surface area contributed by atoms with E-state index in [0.29, 0.717) is 0 Å². The number of thiophene rings is 1. The molecule has 0 aliphatic rings. The first-order chi connectivity index (χ1) is 4.91. The minimum atomic E-state index is 0.187. The molecule has 0 aliphatic carbocycles. The fraction of sp³-hybridized carbons (Fsp3) is 0.500. The van der Waals surface area contributed by atoms with Crippen LogP contribution in [-0.4, -0.2) is 0 Å². The maximum Gasteiger partial charge on any atom is 0.0871 e. The highest BCUT2D eigenvalue weighted by Crippen LogP contribution is 2.37. The van der Waals surface area contributed by atoms with E-state index in [1.54, 1.807) is 11.3 Å². The van der Waals surface area contributed by atoms with E-state index < -0.39 is 0 Å². The predicted molar refractivity (Wildman–Crippen MR) is 55.1 cm³/mol. The van der Waals surface area contributed by atoms with Crippen molar-refractivity contribution in [3.05, 3.63) is 15.4 Å². The SMILES string of the molecule is CC(C)(C)c1cc(N)sc1Br. The van der Waals surface area contributed by atoms with Gasteiger partial charge < -0.3 is 5.73 Å². The molecule has 1 aromatic heterocycles. The average molecular weight is 234 g/mol. The number of hydrogen-bond acceptors (Lipinski definition) is 2. The van der Waals surface area contributed by atoms with E-state index in [-0.39, 0.29) is 5.41 Å². The van der Waals surface area contributed by atoms with Crippen molar-refractivity contribution < 1.29 is 0 Å². The van der Waals surface area contributed by atoms with Crippen LogP contribution in [0.1, 0.15) is 26.3 Å². The Morgan fingerprint density at radius 3 is 2.18 bits per heavy atom. The Labute approximate surface area is 79.7 Å². The van der Waals surface area contributed by atoms with E-state index >= 15 is 0 Å². The molecule has 3 heteroatoms. The highest BCUT2D eigenvalue weighted by atomic mass is 79.9. The topological polar surface area (TPSA) is 26.0 Å². The number of halogens is 1. The number of nitrogen functional groups attached to an aromatic ring is 1. The Bertz CT molecular complexity index is 260. The zero-order chi connectivity index (χ0) is 8.65. The summed E-state index contributed by atoms with van der Waals surface area (Å²) in [5.74, 6) is 0. The lowest BCUT2D eigenvalue weighted by atomic mass is 9.89. The van der Waals surface area contributed by atoms with E-state index in [0.717, 1.165) is 8.79 Å². The predicted octanol–water partition coefficient (Wildman–Crippen LogP) is 3.39. The molecule has 2 N–H and O–H groups in total. The molecular weight excluding hydrogens is 222 g/mol. The van der Waals surface area contributed by atoms with Crippen molar-refractivity contribution in [2.45, 2.75) is 26.2 Å². The fourth-order valence-electron chi connectivity index (χ4n) is 0.898. The molecule has 0 unspecified atom stereocenters. The lowest BCUT2D eigenvalue weighted by Crippen LogP contribution is -2.09. The minimum absolute atomic E-state index is 0.187. The van der Waals surface area contributed by atoms with E-state index in [1.807, 2.05) is 6.07 Å². The second-order valence-corrected chi connectivity index (χ2v) is 5.99. The van der Waals surface area contributed by atoms with Crippen LogP contribution in [0.2, 0.25) is 0 Å². The normalized spacial score (nSPS) is 12.0. The van der Waals surface area contributed by atoms with Gasteiger partial charge in [-0.2, -0.15) is 0 Å². The molecule has 0 amide bonds. The van der Waals surface area contributed by atoms with Crippen LogP contribution < -0.4 is 5.73 Å². The molecule has 1 aromatic rings.